The van der Waals surface area contributed by atoms with E-state index in [1.165, 1.54) is 31.9 Å². The second-order valence-electron chi connectivity index (χ2n) is 3.90. The molecule has 0 spiro atoms. The number of aromatic hydroxyl groups is 1. The van der Waals surface area contributed by atoms with Crippen molar-refractivity contribution in [3.8, 4) is 5.75 Å². The summed E-state index contributed by atoms with van der Waals surface area (Å²) in [6.07, 6.45) is 0.308. The molecular weight excluding hydrogens is 288 g/mol. The maximum Gasteiger partial charge on any atom is 0.306 e. The van der Waals surface area contributed by atoms with Crippen molar-refractivity contribution in [1.29, 1.82) is 0 Å². The van der Waals surface area contributed by atoms with Gasteiger partial charge in [0.05, 0.1) is 19.1 Å². The summed E-state index contributed by atoms with van der Waals surface area (Å²) < 4.78 is 4.53. The summed E-state index contributed by atoms with van der Waals surface area (Å²) in [4.78, 5) is 22.3. The second-order valence-corrected chi connectivity index (χ2v) is 5.44. The highest BCUT2D eigenvalue weighted by Gasteiger charge is 2.13. The van der Waals surface area contributed by atoms with Gasteiger partial charge in [-0.2, -0.15) is 11.8 Å². The second kappa shape index (κ2) is 7.40. The molecule has 6 heteroatoms. The molecule has 0 heterocycles. The van der Waals surface area contributed by atoms with Crippen LogP contribution in [0.1, 0.15) is 29.3 Å². The Hall–Kier alpha value is -1.20. The molecular formula is C13H15ClO4S. The van der Waals surface area contributed by atoms with E-state index in [4.69, 9.17) is 11.6 Å². The molecule has 1 rings (SSSR count). The van der Waals surface area contributed by atoms with E-state index >= 15 is 0 Å². The van der Waals surface area contributed by atoms with Gasteiger partial charge in [-0.25, -0.2) is 0 Å². The number of ketones is 1. The lowest BCUT2D eigenvalue weighted by atomic mass is 10.1. The van der Waals surface area contributed by atoms with Gasteiger partial charge in [0, 0.05) is 22.1 Å². The first-order chi connectivity index (χ1) is 8.95. The zero-order valence-corrected chi connectivity index (χ0v) is 12.3. The fourth-order valence-electron chi connectivity index (χ4n) is 1.47. The molecule has 1 aromatic carbocycles. The Morgan fingerprint density at radius 2 is 2.11 bits per heavy atom. The van der Waals surface area contributed by atoms with Gasteiger partial charge < -0.3 is 9.84 Å². The Morgan fingerprint density at radius 3 is 2.68 bits per heavy atom. The van der Waals surface area contributed by atoms with Crippen molar-refractivity contribution in [3.63, 3.8) is 0 Å². The molecule has 0 amide bonds. The molecule has 0 aromatic heterocycles. The highest BCUT2D eigenvalue weighted by molar-refractivity contribution is 7.98. The van der Waals surface area contributed by atoms with Gasteiger partial charge in [-0.15, -0.1) is 0 Å². The van der Waals surface area contributed by atoms with Crippen LogP contribution in [0.5, 0.6) is 5.75 Å². The van der Waals surface area contributed by atoms with E-state index < -0.39 is 0 Å². The van der Waals surface area contributed by atoms with Crippen molar-refractivity contribution in [1.82, 2.24) is 0 Å². The molecule has 0 aliphatic carbocycles. The van der Waals surface area contributed by atoms with Gasteiger partial charge in [0.25, 0.3) is 0 Å². The minimum Gasteiger partial charge on any atom is -0.507 e. The molecule has 0 aliphatic rings. The van der Waals surface area contributed by atoms with Crippen molar-refractivity contribution < 1.29 is 19.4 Å². The van der Waals surface area contributed by atoms with Crippen LogP contribution < -0.4 is 0 Å². The van der Waals surface area contributed by atoms with Crippen LogP contribution in [0.3, 0.4) is 0 Å². The quantitative estimate of drug-likeness (QED) is 0.497. The van der Waals surface area contributed by atoms with Crippen LogP contribution in [-0.4, -0.2) is 29.7 Å². The fourth-order valence-corrected chi connectivity index (χ4v) is 2.61. The van der Waals surface area contributed by atoms with E-state index in [1.807, 2.05) is 0 Å². The number of benzene rings is 1. The molecule has 1 N–H and O–H groups in total. The maximum atomic E-state index is 11.3. The fraction of sp³-hybridized carbons (Fsp3) is 0.385. The minimum absolute atomic E-state index is 0.0394. The summed E-state index contributed by atoms with van der Waals surface area (Å²) in [6.45, 7) is 1.37. The number of halogens is 1. The maximum absolute atomic E-state index is 11.3. The number of carbonyl (C=O) groups excluding carboxylic acids is 2. The van der Waals surface area contributed by atoms with Gasteiger partial charge in [-0.05, 0) is 19.1 Å². The van der Waals surface area contributed by atoms with E-state index in [-0.39, 0.29) is 23.1 Å². The lowest BCUT2D eigenvalue weighted by Crippen LogP contribution is -2.01. The first-order valence-corrected chi connectivity index (χ1v) is 7.16. The van der Waals surface area contributed by atoms with Gasteiger partial charge in [-0.1, -0.05) is 11.6 Å². The van der Waals surface area contributed by atoms with E-state index in [1.54, 1.807) is 6.07 Å². The number of methoxy groups -OCH3 is 1. The summed E-state index contributed by atoms with van der Waals surface area (Å²) in [7, 11) is 1.34. The summed E-state index contributed by atoms with van der Waals surface area (Å²) in [6, 6.07) is 3.07. The third-order valence-corrected chi connectivity index (χ3v) is 3.69. The minimum atomic E-state index is -0.271. The highest BCUT2D eigenvalue weighted by atomic mass is 35.5. The van der Waals surface area contributed by atoms with Crippen LogP contribution >= 0.6 is 23.4 Å². The van der Waals surface area contributed by atoms with Crippen LogP contribution in [-0.2, 0) is 15.3 Å². The predicted octanol–water partition coefficient (Wildman–Crippen LogP) is 3.04. The number of thioether (sulfide) groups is 1. The van der Waals surface area contributed by atoms with E-state index in [0.717, 1.165) is 0 Å². The van der Waals surface area contributed by atoms with Gasteiger partial charge >= 0.3 is 5.97 Å². The Morgan fingerprint density at radius 1 is 1.42 bits per heavy atom. The number of hydrogen-bond acceptors (Lipinski definition) is 5. The number of phenols is 1. The summed E-state index contributed by atoms with van der Waals surface area (Å²) in [5.74, 6) is 0.507. The van der Waals surface area contributed by atoms with Crippen LogP contribution in [0, 0.1) is 0 Å². The monoisotopic (exact) mass is 302 g/mol. The lowest BCUT2D eigenvalue weighted by Gasteiger charge is -2.08. The van der Waals surface area contributed by atoms with Gasteiger partial charge in [-0.3, -0.25) is 9.59 Å². The number of carbonyl (C=O) groups is 2. The molecule has 0 saturated heterocycles. The standard InChI is InChI=1S/C13H15ClO4S/c1-8(15)11-6-10(14)5-9(13(11)17)7-19-4-3-12(16)18-2/h5-6,17H,3-4,7H2,1-2H3. The zero-order valence-electron chi connectivity index (χ0n) is 10.7. The Kier molecular flexibility index (Phi) is 6.18. The Labute approximate surface area is 121 Å². The molecule has 0 bridgehead atoms. The van der Waals surface area contributed by atoms with Crippen molar-refractivity contribution in [2.45, 2.75) is 19.1 Å². The molecule has 0 radical (unpaired) electrons. The first-order valence-electron chi connectivity index (χ1n) is 5.62. The highest BCUT2D eigenvalue weighted by Crippen LogP contribution is 2.30. The van der Waals surface area contributed by atoms with Crippen LogP contribution in [0.4, 0.5) is 0 Å². The molecule has 0 fully saturated rings. The molecule has 104 valence electrons. The SMILES string of the molecule is COC(=O)CCSCc1cc(Cl)cc(C(C)=O)c1O. The topological polar surface area (TPSA) is 63.6 Å². The molecule has 1 aromatic rings. The van der Waals surface area contributed by atoms with Crippen molar-refractivity contribution in [2.75, 3.05) is 12.9 Å². The van der Waals surface area contributed by atoms with E-state index in [0.29, 0.717) is 28.5 Å². The number of Topliss-reactive ketones (excluding diaryl/α,β-unsaturated/α-hetero) is 1. The van der Waals surface area contributed by atoms with E-state index in [2.05, 4.69) is 4.74 Å². The number of rotatable bonds is 6. The molecule has 4 nitrogen and oxygen atoms in total. The molecule has 0 saturated carbocycles. The molecule has 0 unspecified atom stereocenters. The number of ether oxygens (including phenoxy) is 1. The Bertz CT molecular complexity index is 488. The Balaban J connectivity index is 2.68. The van der Waals surface area contributed by atoms with Crippen LogP contribution in [0.2, 0.25) is 5.02 Å². The smallest absolute Gasteiger partial charge is 0.306 e. The van der Waals surface area contributed by atoms with Gasteiger partial charge in [0.1, 0.15) is 5.75 Å². The average Bonchev–Trinajstić information content (AvgIpc) is 2.37. The average molecular weight is 303 g/mol. The molecule has 0 atom stereocenters. The normalized spacial score (nSPS) is 10.3. The number of hydrogen-bond donors (Lipinski definition) is 1. The van der Waals surface area contributed by atoms with E-state index in [9.17, 15) is 14.7 Å². The molecule has 19 heavy (non-hydrogen) atoms. The number of phenolic OH excluding ortho intramolecular Hbond substituents is 1. The summed E-state index contributed by atoms with van der Waals surface area (Å²) in [5, 5.41) is 10.4. The molecule has 0 aliphatic heterocycles. The lowest BCUT2D eigenvalue weighted by molar-refractivity contribution is -0.140. The number of esters is 1. The first kappa shape index (κ1) is 15.9. The third-order valence-electron chi connectivity index (χ3n) is 2.47. The van der Waals surface area contributed by atoms with Crippen LogP contribution in [0.25, 0.3) is 0 Å². The third kappa shape index (κ3) is 4.76. The predicted molar refractivity (Wildman–Crippen MR) is 75.9 cm³/mol. The summed E-state index contributed by atoms with van der Waals surface area (Å²) in [5.41, 5.74) is 0.809. The summed E-state index contributed by atoms with van der Waals surface area (Å²) >= 11 is 7.37. The van der Waals surface area contributed by atoms with Crippen molar-refractivity contribution in [3.05, 3.63) is 28.3 Å². The van der Waals surface area contributed by atoms with Gasteiger partial charge in [0.2, 0.25) is 0 Å². The largest absolute Gasteiger partial charge is 0.507 e. The zero-order chi connectivity index (χ0) is 14.4. The van der Waals surface area contributed by atoms with Crippen LogP contribution in [0.15, 0.2) is 12.1 Å². The van der Waals surface area contributed by atoms with Crippen molar-refractivity contribution in [2.24, 2.45) is 0 Å². The van der Waals surface area contributed by atoms with Gasteiger partial charge in [0.15, 0.2) is 5.78 Å². The van der Waals surface area contributed by atoms with Crippen molar-refractivity contribution >= 4 is 35.1 Å².